The maximum atomic E-state index is 12.0. The van der Waals surface area contributed by atoms with Gasteiger partial charge >= 0.3 is 0 Å². The molecule has 1 aromatic carbocycles. The number of hydrogen-bond donors (Lipinski definition) is 1. The van der Waals surface area contributed by atoms with Crippen molar-refractivity contribution in [1.29, 1.82) is 0 Å². The SMILES string of the molecule is C=C1N(c2ccccc2C(C)(C)C)NC(=O)C1(C)C. The highest BCUT2D eigenvalue weighted by Gasteiger charge is 2.43. The maximum absolute atomic E-state index is 12.0. The van der Waals surface area contributed by atoms with Crippen molar-refractivity contribution in [2.45, 2.75) is 40.0 Å². The summed E-state index contributed by atoms with van der Waals surface area (Å²) in [7, 11) is 0. The number of para-hydroxylation sites is 1. The molecule has 0 unspecified atom stereocenters. The van der Waals surface area contributed by atoms with Gasteiger partial charge in [0.25, 0.3) is 0 Å². The second-order valence-electron chi connectivity index (χ2n) is 6.62. The molecule has 1 aliphatic heterocycles. The third-order valence-corrected chi connectivity index (χ3v) is 3.73. The molecule has 3 nitrogen and oxygen atoms in total. The summed E-state index contributed by atoms with van der Waals surface area (Å²) < 4.78 is 0. The maximum Gasteiger partial charge on any atom is 0.250 e. The van der Waals surface area contributed by atoms with E-state index in [0.29, 0.717) is 0 Å². The van der Waals surface area contributed by atoms with E-state index in [2.05, 4.69) is 38.8 Å². The molecule has 0 aromatic heterocycles. The van der Waals surface area contributed by atoms with E-state index in [-0.39, 0.29) is 11.3 Å². The summed E-state index contributed by atoms with van der Waals surface area (Å²) in [5, 5.41) is 1.82. The first-order valence-corrected chi connectivity index (χ1v) is 6.56. The predicted molar refractivity (Wildman–Crippen MR) is 78.7 cm³/mol. The fourth-order valence-electron chi connectivity index (χ4n) is 2.23. The van der Waals surface area contributed by atoms with E-state index >= 15 is 0 Å². The summed E-state index contributed by atoms with van der Waals surface area (Å²) in [6.07, 6.45) is 0. The Bertz CT molecular complexity index is 538. The molecule has 0 aliphatic carbocycles. The van der Waals surface area contributed by atoms with Crippen molar-refractivity contribution in [2.75, 3.05) is 5.01 Å². The molecule has 1 saturated heterocycles. The lowest BCUT2D eigenvalue weighted by Gasteiger charge is -2.29. The molecule has 1 N–H and O–H groups in total. The molecule has 3 heteroatoms. The monoisotopic (exact) mass is 258 g/mol. The number of amides is 1. The van der Waals surface area contributed by atoms with Gasteiger partial charge in [-0.3, -0.25) is 15.2 Å². The topological polar surface area (TPSA) is 32.3 Å². The lowest BCUT2D eigenvalue weighted by molar-refractivity contribution is -0.125. The molecule has 0 radical (unpaired) electrons. The Labute approximate surface area is 115 Å². The van der Waals surface area contributed by atoms with Crippen molar-refractivity contribution >= 4 is 11.6 Å². The van der Waals surface area contributed by atoms with Crippen LogP contribution in [0.4, 0.5) is 5.69 Å². The largest absolute Gasteiger partial charge is 0.272 e. The van der Waals surface area contributed by atoms with Crippen LogP contribution in [0.3, 0.4) is 0 Å². The van der Waals surface area contributed by atoms with Crippen molar-refractivity contribution in [1.82, 2.24) is 5.43 Å². The third-order valence-electron chi connectivity index (χ3n) is 3.73. The first-order chi connectivity index (χ1) is 8.65. The summed E-state index contributed by atoms with van der Waals surface area (Å²) in [6.45, 7) is 14.4. The summed E-state index contributed by atoms with van der Waals surface area (Å²) in [5.41, 5.74) is 5.34. The molecule has 0 saturated carbocycles. The van der Waals surface area contributed by atoms with Crippen LogP contribution in [0, 0.1) is 5.41 Å². The Balaban J connectivity index is 2.51. The highest BCUT2D eigenvalue weighted by Crippen LogP contribution is 2.40. The summed E-state index contributed by atoms with van der Waals surface area (Å²) in [5.74, 6) is -0.0128. The van der Waals surface area contributed by atoms with E-state index in [1.165, 1.54) is 5.56 Å². The normalized spacial score (nSPS) is 18.7. The number of carbonyl (C=O) groups excluding carboxylic acids is 1. The van der Waals surface area contributed by atoms with Gasteiger partial charge in [-0.2, -0.15) is 0 Å². The minimum Gasteiger partial charge on any atom is -0.272 e. The zero-order valence-corrected chi connectivity index (χ0v) is 12.4. The van der Waals surface area contributed by atoms with E-state index in [9.17, 15) is 4.79 Å². The van der Waals surface area contributed by atoms with Gasteiger partial charge in [-0.15, -0.1) is 0 Å². The Hall–Kier alpha value is -1.77. The summed E-state index contributed by atoms with van der Waals surface area (Å²) in [4.78, 5) is 12.0. The molecular weight excluding hydrogens is 236 g/mol. The van der Waals surface area contributed by atoms with Gasteiger partial charge in [0, 0.05) is 5.70 Å². The molecule has 19 heavy (non-hydrogen) atoms. The number of carbonyl (C=O) groups is 1. The average molecular weight is 258 g/mol. The van der Waals surface area contributed by atoms with Crippen LogP contribution in [0.2, 0.25) is 0 Å². The lowest BCUT2D eigenvalue weighted by atomic mass is 9.85. The first kappa shape index (κ1) is 13.7. The number of nitrogens with one attached hydrogen (secondary N) is 1. The summed E-state index contributed by atoms with van der Waals surface area (Å²) >= 11 is 0. The molecule has 0 bridgehead atoms. The van der Waals surface area contributed by atoms with Crippen LogP contribution in [0.1, 0.15) is 40.2 Å². The Morgan fingerprint density at radius 2 is 1.79 bits per heavy atom. The molecule has 0 spiro atoms. The van der Waals surface area contributed by atoms with E-state index in [0.717, 1.165) is 11.4 Å². The van der Waals surface area contributed by atoms with Crippen molar-refractivity contribution in [3.05, 3.63) is 42.1 Å². The van der Waals surface area contributed by atoms with Crippen LogP contribution >= 0.6 is 0 Å². The Kier molecular flexibility index (Phi) is 2.96. The van der Waals surface area contributed by atoms with Crippen molar-refractivity contribution < 1.29 is 4.79 Å². The smallest absolute Gasteiger partial charge is 0.250 e. The zero-order chi connectivity index (χ0) is 14.4. The molecular formula is C16H22N2O. The van der Waals surface area contributed by atoms with Gasteiger partial charge in [-0.25, -0.2) is 0 Å². The van der Waals surface area contributed by atoms with E-state index in [1.54, 1.807) is 0 Å². The summed E-state index contributed by atoms with van der Waals surface area (Å²) in [6, 6.07) is 8.12. The van der Waals surface area contributed by atoms with Gasteiger partial charge in [-0.1, -0.05) is 45.5 Å². The molecule has 102 valence electrons. The predicted octanol–water partition coefficient (Wildman–Crippen LogP) is 3.38. The van der Waals surface area contributed by atoms with Gasteiger partial charge in [0.1, 0.15) is 0 Å². The van der Waals surface area contributed by atoms with Crippen molar-refractivity contribution in [3.63, 3.8) is 0 Å². The minimum atomic E-state index is -0.564. The van der Waals surface area contributed by atoms with Crippen molar-refractivity contribution in [3.8, 4) is 0 Å². The second-order valence-corrected chi connectivity index (χ2v) is 6.62. The van der Waals surface area contributed by atoms with Gasteiger partial charge in [0.2, 0.25) is 5.91 Å². The Morgan fingerprint density at radius 1 is 1.21 bits per heavy atom. The van der Waals surface area contributed by atoms with E-state index < -0.39 is 5.41 Å². The number of anilines is 1. The zero-order valence-electron chi connectivity index (χ0n) is 12.4. The highest BCUT2D eigenvalue weighted by molar-refractivity contribution is 5.92. The first-order valence-electron chi connectivity index (χ1n) is 6.56. The number of hydrazine groups is 1. The van der Waals surface area contributed by atoms with E-state index in [1.807, 2.05) is 37.1 Å². The fourth-order valence-corrected chi connectivity index (χ4v) is 2.23. The van der Waals surface area contributed by atoms with Crippen LogP contribution in [0.25, 0.3) is 0 Å². The van der Waals surface area contributed by atoms with Gasteiger partial charge in [-0.05, 0) is 30.9 Å². The molecule has 0 atom stereocenters. The van der Waals surface area contributed by atoms with Crippen LogP contribution in [0.15, 0.2) is 36.5 Å². The molecule has 1 fully saturated rings. The molecule has 1 aliphatic rings. The standard InChI is InChI=1S/C16H22N2O/c1-11-16(5,6)14(19)17-18(11)13-10-8-7-9-12(13)15(2,3)4/h7-10H,1H2,2-6H3,(H,17,19). The highest BCUT2D eigenvalue weighted by atomic mass is 16.2. The second kappa shape index (κ2) is 4.12. The van der Waals surface area contributed by atoms with E-state index in [4.69, 9.17) is 0 Å². The lowest BCUT2D eigenvalue weighted by Crippen LogP contribution is -2.34. The number of benzene rings is 1. The molecule has 2 rings (SSSR count). The van der Waals surface area contributed by atoms with Gasteiger partial charge in [0.15, 0.2) is 0 Å². The minimum absolute atomic E-state index is 0.00827. The number of rotatable bonds is 1. The van der Waals surface area contributed by atoms with Crippen LogP contribution < -0.4 is 10.4 Å². The molecule has 1 heterocycles. The van der Waals surface area contributed by atoms with Crippen molar-refractivity contribution in [2.24, 2.45) is 5.41 Å². The number of hydrogen-bond acceptors (Lipinski definition) is 2. The van der Waals surface area contributed by atoms with Gasteiger partial charge < -0.3 is 0 Å². The van der Waals surface area contributed by atoms with Crippen LogP contribution in [-0.4, -0.2) is 5.91 Å². The van der Waals surface area contributed by atoms with Crippen LogP contribution in [-0.2, 0) is 10.2 Å². The Morgan fingerprint density at radius 3 is 2.26 bits per heavy atom. The third kappa shape index (κ3) is 2.14. The average Bonchev–Trinajstić information content (AvgIpc) is 2.52. The van der Waals surface area contributed by atoms with Crippen LogP contribution in [0.5, 0.6) is 0 Å². The number of nitrogens with zero attached hydrogens (tertiary/aromatic N) is 1. The molecule has 1 aromatic rings. The quantitative estimate of drug-likeness (QED) is 0.837. The molecule has 1 amide bonds. The fraction of sp³-hybridized carbons (Fsp3) is 0.438. The van der Waals surface area contributed by atoms with Gasteiger partial charge in [0.05, 0.1) is 11.1 Å².